The summed E-state index contributed by atoms with van der Waals surface area (Å²) in [7, 11) is 1.90. The Kier molecular flexibility index (Phi) is 2.51. The lowest BCUT2D eigenvalue weighted by Crippen LogP contribution is -1.99. The van der Waals surface area contributed by atoms with E-state index in [1.165, 1.54) is 0 Å². The van der Waals surface area contributed by atoms with Gasteiger partial charge in [0.15, 0.2) is 5.65 Å². The summed E-state index contributed by atoms with van der Waals surface area (Å²) in [6.07, 6.45) is 5.22. The molecule has 3 aromatic heterocycles. The van der Waals surface area contributed by atoms with Crippen LogP contribution in [-0.2, 0) is 13.6 Å². The van der Waals surface area contributed by atoms with Crippen molar-refractivity contribution < 1.29 is 4.42 Å². The number of nitrogens with one attached hydrogen (secondary N) is 1. The summed E-state index contributed by atoms with van der Waals surface area (Å²) in [5.74, 6) is 0. The van der Waals surface area contributed by atoms with E-state index in [9.17, 15) is 0 Å². The first-order chi connectivity index (χ1) is 8.74. The van der Waals surface area contributed by atoms with Gasteiger partial charge >= 0.3 is 0 Å². The van der Waals surface area contributed by atoms with Crippen molar-refractivity contribution in [3.63, 3.8) is 0 Å². The molecule has 0 unspecified atom stereocenters. The molecule has 0 aromatic carbocycles. The van der Waals surface area contributed by atoms with Crippen LogP contribution < -0.4 is 5.32 Å². The fourth-order valence-electron chi connectivity index (χ4n) is 2.00. The van der Waals surface area contributed by atoms with E-state index in [4.69, 9.17) is 4.42 Å². The van der Waals surface area contributed by atoms with Crippen molar-refractivity contribution in [2.75, 3.05) is 5.32 Å². The van der Waals surface area contributed by atoms with Gasteiger partial charge in [0, 0.05) is 24.5 Å². The molecule has 1 N–H and O–H groups in total. The van der Waals surface area contributed by atoms with Gasteiger partial charge in [0.05, 0.1) is 30.1 Å². The number of fused-ring (bicyclic) bond motifs is 1. The Morgan fingerprint density at radius 3 is 3.11 bits per heavy atom. The van der Waals surface area contributed by atoms with Crippen molar-refractivity contribution in [3.8, 4) is 0 Å². The first-order valence-corrected chi connectivity index (χ1v) is 5.78. The molecule has 3 rings (SSSR count). The smallest absolute Gasteiger partial charge is 0.157 e. The summed E-state index contributed by atoms with van der Waals surface area (Å²) in [4.78, 5) is 4.42. The van der Waals surface area contributed by atoms with Crippen molar-refractivity contribution in [3.05, 3.63) is 42.1 Å². The van der Waals surface area contributed by atoms with E-state index < -0.39 is 0 Å². The normalized spacial score (nSPS) is 11.0. The molecule has 92 valence electrons. The lowest BCUT2D eigenvalue weighted by atomic mass is 10.2. The third-order valence-electron chi connectivity index (χ3n) is 2.94. The van der Waals surface area contributed by atoms with Crippen molar-refractivity contribution >= 4 is 16.7 Å². The van der Waals surface area contributed by atoms with Gasteiger partial charge in [-0.25, -0.2) is 4.98 Å². The molecule has 5 nitrogen and oxygen atoms in total. The van der Waals surface area contributed by atoms with Crippen molar-refractivity contribution in [1.82, 2.24) is 14.8 Å². The molecule has 5 heteroatoms. The Morgan fingerprint density at radius 2 is 2.33 bits per heavy atom. The zero-order chi connectivity index (χ0) is 12.5. The van der Waals surface area contributed by atoms with Crippen LogP contribution in [0.2, 0.25) is 0 Å². The van der Waals surface area contributed by atoms with Crippen LogP contribution >= 0.6 is 0 Å². The minimum absolute atomic E-state index is 0.725. The Balaban J connectivity index is 1.87. The van der Waals surface area contributed by atoms with Crippen LogP contribution in [0.3, 0.4) is 0 Å². The van der Waals surface area contributed by atoms with E-state index in [1.54, 1.807) is 17.2 Å². The molecule has 0 amide bonds. The van der Waals surface area contributed by atoms with E-state index in [1.807, 2.05) is 26.2 Å². The third-order valence-corrected chi connectivity index (χ3v) is 2.94. The number of anilines is 1. The Hall–Kier alpha value is -2.30. The van der Waals surface area contributed by atoms with E-state index >= 15 is 0 Å². The van der Waals surface area contributed by atoms with Crippen molar-refractivity contribution in [2.45, 2.75) is 13.5 Å². The van der Waals surface area contributed by atoms with Crippen molar-refractivity contribution in [1.29, 1.82) is 0 Å². The molecule has 18 heavy (non-hydrogen) atoms. The van der Waals surface area contributed by atoms with E-state index in [-0.39, 0.29) is 0 Å². The fourth-order valence-corrected chi connectivity index (χ4v) is 2.00. The molecular weight excluding hydrogens is 228 g/mol. The summed E-state index contributed by atoms with van der Waals surface area (Å²) in [5, 5.41) is 8.75. The number of furan rings is 1. The van der Waals surface area contributed by atoms with Gasteiger partial charge in [-0.1, -0.05) is 0 Å². The first kappa shape index (κ1) is 10.8. The molecular formula is C13H14N4O. The van der Waals surface area contributed by atoms with E-state index in [2.05, 4.69) is 21.5 Å². The molecule has 0 aliphatic heterocycles. The number of hydrogen-bond acceptors (Lipinski definition) is 4. The molecule has 0 bridgehead atoms. The van der Waals surface area contributed by atoms with E-state index in [0.29, 0.717) is 0 Å². The largest absolute Gasteiger partial charge is 0.472 e. The maximum absolute atomic E-state index is 5.03. The second-order valence-corrected chi connectivity index (χ2v) is 4.29. The Bertz CT molecular complexity index is 670. The van der Waals surface area contributed by atoms with Gasteiger partial charge in [0.2, 0.25) is 0 Å². The topological polar surface area (TPSA) is 55.9 Å². The average Bonchev–Trinajstić information content (AvgIpc) is 2.97. The number of rotatable bonds is 3. The van der Waals surface area contributed by atoms with Crippen LogP contribution in [0, 0.1) is 6.92 Å². The van der Waals surface area contributed by atoms with Gasteiger partial charge in [0.25, 0.3) is 0 Å². The van der Waals surface area contributed by atoms with Crippen LogP contribution in [0.5, 0.6) is 0 Å². The monoisotopic (exact) mass is 242 g/mol. The number of pyridine rings is 1. The molecule has 0 radical (unpaired) electrons. The molecule has 3 heterocycles. The quantitative estimate of drug-likeness (QED) is 0.766. The maximum Gasteiger partial charge on any atom is 0.157 e. The molecule has 3 aromatic rings. The van der Waals surface area contributed by atoms with Crippen LogP contribution in [-0.4, -0.2) is 14.8 Å². The van der Waals surface area contributed by atoms with Crippen LogP contribution in [0.4, 0.5) is 5.69 Å². The first-order valence-electron chi connectivity index (χ1n) is 5.78. The molecule has 0 saturated heterocycles. The van der Waals surface area contributed by atoms with Gasteiger partial charge in [0.1, 0.15) is 0 Å². The van der Waals surface area contributed by atoms with Crippen LogP contribution in [0.15, 0.2) is 35.3 Å². The number of aromatic nitrogens is 3. The van der Waals surface area contributed by atoms with Gasteiger partial charge < -0.3 is 9.73 Å². The minimum Gasteiger partial charge on any atom is -0.472 e. The van der Waals surface area contributed by atoms with Crippen LogP contribution in [0.1, 0.15) is 11.3 Å². The summed E-state index contributed by atoms with van der Waals surface area (Å²) in [6, 6.07) is 4.01. The van der Waals surface area contributed by atoms with Gasteiger partial charge in [-0.3, -0.25) is 4.68 Å². The standard InChI is InChI=1S/C13H14N4O/c1-9-12-5-11(7-15-13(12)17(2)16-9)14-6-10-3-4-18-8-10/h3-5,7-8,14H,6H2,1-2H3. The zero-order valence-electron chi connectivity index (χ0n) is 10.3. The fraction of sp³-hybridized carbons (Fsp3) is 0.231. The lowest BCUT2D eigenvalue weighted by Gasteiger charge is -2.04. The maximum atomic E-state index is 5.03. The van der Waals surface area contributed by atoms with E-state index in [0.717, 1.165) is 34.5 Å². The second-order valence-electron chi connectivity index (χ2n) is 4.29. The summed E-state index contributed by atoms with van der Waals surface area (Å²) in [6.45, 7) is 2.72. The lowest BCUT2D eigenvalue weighted by molar-refractivity contribution is 0.564. The second kappa shape index (κ2) is 4.18. The third kappa shape index (κ3) is 1.84. The average molecular weight is 242 g/mol. The van der Waals surface area contributed by atoms with Crippen molar-refractivity contribution in [2.24, 2.45) is 7.05 Å². The summed E-state index contributed by atoms with van der Waals surface area (Å²) >= 11 is 0. The predicted molar refractivity (Wildman–Crippen MR) is 69.3 cm³/mol. The highest BCUT2D eigenvalue weighted by atomic mass is 16.3. The van der Waals surface area contributed by atoms with Gasteiger partial charge in [-0.05, 0) is 19.1 Å². The highest BCUT2D eigenvalue weighted by molar-refractivity contribution is 5.81. The number of aryl methyl sites for hydroxylation is 2. The number of hydrogen-bond donors (Lipinski definition) is 1. The highest BCUT2D eigenvalue weighted by Crippen LogP contribution is 2.19. The SMILES string of the molecule is Cc1nn(C)c2ncc(NCc3ccoc3)cc12. The minimum atomic E-state index is 0.725. The Labute approximate surface area is 104 Å². The molecule has 0 aliphatic rings. The molecule has 0 spiro atoms. The van der Waals surface area contributed by atoms with Gasteiger partial charge in [-0.2, -0.15) is 5.10 Å². The van der Waals surface area contributed by atoms with Crippen LogP contribution in [0.25, 0.3) is 11.0 Å². The molecule has 0 aliphatic carbocycles. The predicted octanol–water partition coefficient (Wildman–Crippen LogP) is 2.48. The zero-order valence-corrected chi connectivity index (χ0v) is 10.3. The van der Waals surface area contributed by atoms with Gasteiger partial charge in [-0.15, -0.1) is 0 Å². The Morgan fingerprint density at radius 1 is 1.44 bits per heavy atom. The summed E-state index contributed by atoms with van der Waals surface area (Å²) in [5.41, 5.74) is 3.99. The highest BCUT2D eigenvalue weighted by Gasteiger charge is 2.06. The molecule has 0 fully saturated rings. The molecule has 0 atom stereocenters. The summed E-state index contributed by atoms with van der Waals surface area (Å²) < 4.78 is 6.82. The number of nitrogens with zero attached hydrogens (tertiary/aromatic N) is 3. The molecule has 0 saturated carbocycles.